The van der Waals surface area contributed by atoms with Crippen LogP contribution in [0.2, 0.25) is 0 Å². The SMILES string of the molecule is C=C(C)C(=O)OCCCCCCCCCCCCOc1ccc(C(=O)Oc2ccc(OC(=O)c3ccc(OCCCCCCCCCCCCOC(=O)C(=C)C)cc3)c(F)c2F)cc1. The van der Waals surface area contributed by atoms with Crippen molar-refractivity contribution in [3.05, 3.63) is 108 Å². The molecule has 0 saturated heterocycles. The van der Waals surface area contributed by atoms with Gasteiger partial charge in [-0.3, -0.25) is 0 Å². The quantitative estimate of drug-likeness (QED) is 0.0248. The lowest BCUT2D eigenvalue weighted by Gasteiger charge is -2.11. The molecule has 0 atom stereocenters. The highest BCUT2D eigenvalue weighted by Gasteiger charge is 2.21. The van der Waals surface area contributed by atoms with Crippen LogP contribution in [0.4, 0.5) is 8.78 Å². The highest BCUT2D eigenvalue weighted by atomic mass is 19.2. The fourth-order valence-electron chi connectivity index (χ4n) is 6.56. The van der Waals surface area contributed by atoms with E-state index in [9.17, 15) is 28.0 Å². The van der Waals surface area contributed by atoms with Crippen molar-refractivity contribution in [1.82, 2.24) is 0 Å². The van der Waals surface area contributed by atoms with E-state index < -0.39 is 35.1 Å². The summed E-state index contributed by atoms with van der Waals surface area (Å²) in [6.07, 6.45) is 21.8. The maximum absolute atomic E-state index is 14.9. The zero-order chi connectivity index (χ0) is 46.4. The Morgan fingerprint density at radius 3 is 0.953 bits per heavy atom. The predicted octanol–water partition coefficient (Wildman–Crippen LogP) is 13.2. The highest BCUT2D eigenvalue weighted by Crippen LogP contribution is 2.29. The number of hydrogen-bond donors (Lipinski definition) is 0. The van der Waals surface area contributed by atoms with Crippen molar-refractivity contribution in [2.24, 2.45) is 0 Å². The van der Waals surface area contributed by atoms with E-state index in [0.717, 1.165) is 89.2 Å². The van der Waals surface area contributed by atoms with Crippen molar-refractivity contribution in [3.63, 3.8) is 0 Å². The second kappa shape index (κ2) is 31.3. The Morgan fingerprint density at radius 1 is 0.406 bits per heavy atom. The molecule has 12 heteroatoms. The summed E-state index contributed by atoms with van der Waals surface area (Å²) in [6, 6.07) is 14.5. The molecule has 0 N–H and O–H groups in total. The smallest absolute Gasteiger partial charge is 0.343 e. The van der Waals surface area contributed by atoms with Crippen LogP contribution in [0.1, 0.15) is 163 Å². The minimum absolute atomic E-state index is 0.119. The number of benzene rings is 3. The molecule has 3 rings (SSSR count). The van der Waals surface area contributed by atoms with Gasteiger partial charge in [-0.25, -0.2) is 19.2 Å². The zero-order valence-corrected chi connectivity index (χ0v) is 38.0. The van der Waals surface area contributed by atoms with Gasteiger partial charge in [0.1, 0.15) is 11.5 Å². The monoisotopic (exact) mass is 890 g/mol. The molecular formula is C52H68F2O10. The molecule has 0 amide bonds. The molecule has 0 aliphatic carbocycles. The summed E-state index contributed by atoms with van der Waals surface area (Å²) in [7, 11) is 0. The van der Waals surface area contributed by atoms with Crippen LogP contribution in [0, 0.1) is 11.6 Å². The van der Waals surface area contributed by atoms with Gasteiger partial charge in [0, 0.05) is 11.1 Å². The topological polar surface area (TPSA) is 124 Å². The van der Waals surface area contributed by atoms with Gasteiger partial charge in [-0.15, -0.1) is 0 Å². The first-order valence-electron chi connectivity index (χ1n) is 23.0. The van der Waals surface area contributed by atoms with Crippen LogP contribution in [-0.4, -0.2) is 50.3 Å². The van der Waals surface area contributed by atoms with E-state index in [-0.39, 0.29) is 23.1 Å². The average Bonchev–Trinajstić information content (AvgIpc) is 3.29. The van der Waals surface area contributed by atoms with Crippen molar-refractivity contribution in [1.29, 1.82) is 0 Å². The second-order valence-corrected chi connectivity index (χ2v) is 16.1. The van der Waals surface area contributed by atoms with Crippen LogP contribution < -0.4 is 18.9 Å². The molecule has 3 aromatic rings. The average molecular weight is 891 g/mol. The Kier molecular flexibility index (Phi) is 25.9. The molecule has 350 valence electrons. The van der Waals surface area contributed by atoms with Crippen LogP contribution in [0.3, 0.4) is 0 Å². The third-order valence-corrected chi connectivity index (χ3v) is 10.4. The standard InChI is InChI=1S/C52H68F2O10/c1-39(2)49(55)61-37-23-19-15-11-7-5-9-13-17-21-35-59-43-29-25-41(26-30-43)51(57)63-45-33-34-46(48(54)47(45)53)64-52(58)42-27-31-44(32-28-42)60-36-22-18-14-10-6-8-12-16-20-24-38-62-50(56)40(3)4/h25-34H,1,3,5-24,35-38H2,2,4H3. The van der Waals surface area contributed by atoms with Crippen molar-refractivity contribution < 1.29 is 56.4 Å². The van der Waals surface area contributed by atoms with E-state index in [1.165, 1.54) is 75.6 Å². The van der Waals surface area contributed by atoms with Gasteiger partial charge in [0.05, 0.1) is 37.6 Å². The van der Waals surface area contributed by atoms with Gasteiger partial charge in [-0.05, 0) is 100 Å². The summed E-state index contributed by atoms with van der Waals surface area (Å²) in [5.41, 5.74) is 1.10. The Labute approximate surface area is 378 Å². The van der Waals surface area contributed by atoms with E-state index in [4.69, 9.17) is 28.4 Å². The maximum atomic E-state index is 14.9. The molecule has 0 heterocycles. The molecule has 0 aliphatic rings. The van der Waals surface area contributed by atoms with Gasteiger partial charge in [0.2, 0.25) is 11.6 Å². The summed E-state index contributed by atoms with van der Waals surface area (Å²) in [6.45, 7) is 12.4. The molecule has 3 aromatic carbocycles. The zero-order valence-electron chi connectivity index (χ0n) is 38.0. The van der Waals surface area contributed by atoms with E-state index in [1.54, 1.807) is 38.1 Å². The van der Waals surface area contributed by atoms with Crippen molar-refractivity contribution in [2.75, 3.05) is 26.4 Å². The summed E-state index contributed by atoms with van der Waals surface area (Å²) >= 11 is 0. The fraction of sp³-hybridized carbons (Fsp3) is 0.500. The lowest BCUT2D eigenvalue weighted by molar-refractivity contribution is -0.139. The molecule has 0 fully saturated rings. The van der Waals surface area contributed by atoms with Crippen LogP contribution in [0.15, 0.2) is 85.0 Å². The number of carbonyl (C=O) groups excluding carboxylic acids is 4. The molecule has 0 aromatic heterocycles. The summed E-state index contributed by atoms with van der Waals surface area (Å²) in [4.78, 5) is 48.2. The van der Waals surface area contributed by atoms with Gasteiger partial charge < -0.3 is 28.4 Å². The first kappa shape index (κ1) is 52.8. The number of rotatable bonds is 34. The van der Waals surface area contributed by atoms with E-state index in [0.29, 0.717) is 49.1 Å². The first-order chi connectivity index (χ1) is 31.0. The molecule has 0 spiro atoms. The van der Waals surface area contributed by atoms with Gasteiger partial charge in [-0.2, -0.15) is 8.78 Å². The number of unbranched alkanes of at least 4 members (excludes halogenated alkanes) is 18. The maximum Gasteiger partial charge on any atom is 0.343 e. The number of halogens is 2. The van der Waals surface area contributed by atoms with E-state index in [1.807, 2.05) is 0 Å². The van der Waals surface area contributed by atoms with Crippen molar-refractivity contribution >= 4 is 23.9 Å². The molecule has 0 aliphatic heterocycles. The van der Waals surface area contributed by atoms with Gasteiger partial charge in [0.15, 0.2) is 11.5 Å². The van der Waals surface area contributed by atoms with Crippen molar-refractivity contribution in [3.8, 4) is 23.0 Å². The number of carbonyl (C=O) groups is 4. The predicted molar refractivity (Wildman–Crippen MR) is 244 cm³/mol. The molecule has 0 unspecified atom stereocenters. The minimum atomic E-state index is -1.47. The molecule has 0 bridgehead atoms. The normalized spacial score (nSPS) is 10.8. The first-order valence-corrected chi connectivity index (χ1v) is 23.0. The van der Waals surface area contributed by atoms with Gasteiger partial charge in [-0.1, -0.05) is 116 Å². The summed E-state index contributed by atoms with van der Waals surface area (Å²) in [5, 5.41) is 0. The van der Waals surface area contributed by atoms with E-state index in [2.05, 4.69) is 13.2 Å². The fourth-order valence-corrected chi connectivity index (χ4v) is 6.56. The Hall–Kier alpha value is -5.52. The highest BCUT2D eigenvalue weighted by molar-refractivity contribution is 5.92. The van der Waals surface area contributed by atoms with Crippen LogP contribution in [0.5, 0.6) is 23.0 Å². The van der Waals surface area contributed by atoms with Crippen molar-refractivity contribution in [2.45, 2.75) is 142 Å². The molecule has 0 saturated carbocycles. The lowest BCUT2D eigenvalue weighted by atomic mass is 10.1. The second-order valence-electron chi connectivity index (χ2n) is 16.1. The van der Waals surface area contributed by atoms with E-state index >= 15 is 0 Å². The molecule has 64 heavy (non-hydrogen) atoms. The van der Waals surface area contributed by atoms with Crippen LogP contribution in [0.25, 0.3) is 0 Å². The molecule has 10 nitrogen and oxygen atoms in total. The number of hydrogen-bond acceptors (Lipinski definition) is 10. The Balaban J connectivity index is 1.24. The third-order valence-electron chi connectivity index (χ3n) is 10.4. The van der Waals surface area contributed by atoms with Gasteiger partial charge in [0.25, 0.3) is 0 Å². The summed E-state index contributed by atoms with van der Waals surface area (Å²) in [5.74, 6) is -5.50. The Morgan fingerprint density at radius 2 is 0.672 bits per heavy atom. The van der Waals surface area contributed by atoms with Crippen LogP contribution >= 0.6 is 0 Å². The lowest BCUT2D eigenvalue weighted by Crippen LogP contribution is -2.12. The molecule has 0 radical (unpaired) electrons. The van der Waals surface area contributed by atoms with Crippen LogP contribution in [-0.2, 0) is 19.1 Å². The summed E-state index contributed by atoms with van der Waals surface area (Å²) < 4.78 is 61.9. The number of ether oxygens (including phenoxy) is 6. The number of esters is 4. The Bertz CT molecular complexity index is 1750. The molecular weight excluding hydrogens is 823 g/mol. The third kappa shape index (κ3) is 21.7. The minimum Gasteiger partial charge on any atom is -0.494 e. The largest absolute Gasteiger partial charge is 0.494 e. The van der Waals surface area contributed by atoms with Gasteiger partial charge >= 0.3 is 23.9 Å².